The molecular weight excluding hydrogens is 340 g/mol. The first kappa shape index (κ1) is 18.7. The van der Waals surface area contributed by atoms with E-state index in [4.69, 9.17) is 4.74 Å². The number of carbonyl (C=O) groups excluding carboxylic acids is 2. The predicted molar refractivity (Wildman–Crippen MR) is 102 cm³/mol. The van der Waals surface area contributed by atoms with E-state index in [9.17, 15) is 9.59 Å². The molecule has 4 fully saturated rings. The molecule has 0 radical (unpaired) electrons. The zero-order valence-electron chi connectivity index (χ0n) is 17.1. The van der Waals surface area contributed by atoms with Gasteiger partial charge in [-0.1, -0.05) is 0 Å². The Morgan fingerprint density at radius 2 is 1.70 bits per heavy atom. The molecule has 0 amide bonds. The van der Waals surface area contributed by atoms with Crippen LogP contribution in [0.25, 0.3) is 0 Å². The van der Waals surface area contributed by atoms with Gasteiger partial charge in [-0.2, -0.15) is 5.10 Å². The Morgan fingerprint density at radius 3 is 2.19 bits per heavy atom. The second-order valence-corrected chi connectivity index (χ2v) is 9.47. The Bertz CT molecular complexity index is 729. The molecule has 148 valence electrons. The van der Waals surface area contributed by atoms with Crippen molar-refractivity contribution in [3.63, 3.8) is 0 Å². The first-order chi connectivity index (χ1) is 12.8. The molecule has 0 saturated heterocycles. The average molecular weight is 373 g/mol. The molecule has 4 aliphatic rings. The Balaban J connectivity index is 1.35. The van der Waals surface area contributed by atoms with Crippen molar-refractivity contribution >= 4 is 11.8 Å². The second kappa shape index (κ2) is 6.75. The van der Waals surface area contributed by atoms with Gasteiger partial charge in [-0.3, -0.25) is 14.3 Å². The minimum Gasteiger partial charge on any atom is -0.455 e. The van der Waals surface area contributed by atoms with Crippen LogP contribution in [-0.4, -0.2) is 27.6 Å². The van der Waals surface area contributed by atoms with E-state index in [0.717, 1.165) is 54.0 Å². The van der Waals surface area contributed by atoms with Gasteiger partial charge in [-0.15, -0.1) is 0 Å². The number of esters is 1. The number of nitrogens with zero attached hydrogens (tertiary/aromatic N) is 2. The van der Waals surface area contributed by atoms with Crippen LogP contribution in [0.1, 0.15) is 68.8 Å². The summed E-state index contributed by atoms with van der Waals surface area (Å²) in [4.78, 5) is 25.6. The first-order valence-electron chi connectivity index (χ1n) is 10.5. The molecule has 0 aromatic carbocycles. The third kappa shape index (κ3) is 3.34. The van der Waals surface area contributed by atoms with E-state index in [1.807, 2.05) is 25.6 Å². The second-order valence-electron chi connectivity index (χ2n) is 9.47. The van der Waals surface area contributed by atoms with Crippen LogP contribution >= 0.6 is 0 Å². The number of hydrogen-bond acceptors (Lipinski definition) is 4. The molecule has 0 aliphatic heterocycles. The summed E-state index contributed by atoms with van der Waals surface area (Å²) in [6, 6.07) is 0. The summed E-state index contributed by atoms with van der Waals surface area (Å²) in [7, 11) is 1.91. The predicted octanol–water partition coefficient (Wildman–Crippen LogP) is 3.69. The lowest BCUT2D eigenvalue weighted by Gasteiger charge is -2.56. The van der Waals surface area contributed by atoms with Crippen molar-refractivity contribution in [1.82, 2.24) is 9.78 Å². The molecular formula is C22H32N2O3. The normalized spacial score (nSPS) is 32.5. The SMILES string of the molecule is Cc1nn(C)c(C)c1CCC(=O)O[C@H](C)C(=O)C12CC3CC(CC(C3)C1)C2. The largest absolute Gasteiger partial charge is 0.455 e. The molecule has 0 N–H and O–H groups in total. The van der Waals surface area contributed by atoms with Gasteiger partial charge in [0.2, 0.25) is 0 Å². The van der Waals surface area contributed by atoms with Gasteiger partial charge in [0.25, 0.3) is 0 Å². The van der Waals surface area contributed by atoms with Gasteiger partial charge >= 0.3 is 5.97 Å². The highest BCUT2D eigenvalue weighted by atomic mass is 16.5. The maximum atomic E-state index is 13.2. The van der Waals surface area contributed by atoms with Gasteiger partial charge in [0.15, 0.2) is 11.9 Å². The highest BCUT2D eigenvalue weighted by Crippen LogP contribution is 2.60. The molecule has 1 heterocycles. The summed E-state index contributed by atoms with van der Waals surface area (Å²) < 4.78 is 7.44. The number of ether oxygens (including phenoxy) is 1. The Kier molecular flexibility index (Phi) is 4.68. The van der Waals surface area contributed by atoms with E-state index in [2.05, 4.69) is 5.10 Å². The third-order valence-electron chi connectivity index (χ3n) is 7.48. The summed E-state index contributed by atoms with van der Waals surface area (Å²) in [5, 5.41) is 4.39. The molecule has 0 spiro atoms. The zero-order chi connectivity index (χ0) is 19.3. The molecule has 1 aromatic heterocycles. The molecule has 5 nitrogen and oxygen atoms in total. The number of ketones is 1. The highest BCUT2D eigenvalue weighted by Gasteiger charge is 2.55. The zero-order valence-corrected chi connectivity index (χ0v) is 17.1. The van der Waals surface area contributed by atoms with Crippen molar-refractivity contribution in [2.24, 2.45) is 30.2 Å². The van der Waals surface area contributed by atoms with Gasteiger partial charge in [0, 0.05) is 24.6 Å². The van der Waals surface area contributed by atoms with Gasteiger partial charge < -0.3 is 4.74 Å². The van der Waals surface area contributed by atoms with E-state index in [0.29, 0.717) is 12.8 Å². The Labute approximate surface area is 161 Å². The standard InChI is InChI=1S/C22H32N2O3/c1-13-19(14(2)24(4)23-13)5-6-20(25)27-15(3)21(26)22-10-16-7-17(11-22)9-18(8-16)12-22/h15-18H,5-12H2,1-4H3/t15-,16?,17?,18?,22?/m1/s1. The number of aryl methyl sites for hydroxylation is 2. The molecule has 5 heteroatoms. The monoisotopic (exact) mass is 372 g/mol. The molecule has 1 atom stereocenters. The summed E-state index contributed by atoms with van der Waals surface area (Å²) >= 11 is 0. The molecule has 27 heavy (non-hydrogen) atoms. The molecule has 4 bridgehead atoms. The van der Waals surface area contributed by atoms with Crippen LogP contribution in [-0.2, 0) is 27.8 Å². The fourth-order valence-electron chi connectivity index (χ4n) is 6.56. The average Bonchev–Trinajstić information content (AvgIpc) is 2.83. The van der Waals surface area contributed by atoms with Crippen molar-refractivity contribution < 1.29 is 14.3 Å². The van der Waals surface area contributed by atoms with Crippen LogP contribution in [0.3, 0.4) is 0 Å². The number of hydrogen-bond donors (Lipinski definition) is 0. The third-order valence-corrected chi connectivity index (χ3v) is 7.48. The van der Waals surface area contributed by atoms with Crippen LogP contribution < -0.4 is 0 Å². The van der Waals surface area contributed by atoms with E-state index in [1.54, 1.807) is 6.92 Å². The van der Waals surface area contributed by atoms with Crippen molar-refractivity contribution in [3.05, 3.63) is 17.0 Å². The van der Waals surface area contributed by atoms with Crippen molar-refractivity contribution in [2.75, 3.05) is 0 Å². The topological polar surface area (TPSA) is 61.2 Å². The Morgan fingerprint density at radius 1 is 1.15 bits per heavy atom. The lowest BCUT2D eigenvalue weighted by Crippen LogP contribution is -2.52. The van der Waals surface area contributed by atoms with Crippen LogP contribution in [0.15, 0.2) is 0 Å². The van der Waals surface area contributed by atoms with Crippen LogP contribution in [0.4, 0.5) is 0 Å². The molecule has 4 saturated carbocycles. The number of aromatic nitrogens is 2. The summed E-state index contributed by atoms with van der Waals surface area (Å²) in [5.74, 6) is 2.07. The molecule has 0 unspecified atom stereocenters. The lowest BCUT2D eigenvalue weighted by atomic mass is 9.48. The van der Waals surface area contributed by atoms with Crippen molar-refractivity contribution in [1.29, 1.82) is 0 Å². The van der Waals surface area contributed by atoms with E-state index >= 15 is 0 Å². The Hall–Kier alpha value is -1.65. The number of carbonyl (C=O) groups is 2. The van der Waals surface area contributed by atoms with Gasteiger partial charge in [-0.25, -0.2) is 0 Å². The van der Waals surface area contributed by atoms with Crippen molar-refractivity contribution in [2.45, 2.75) is 78.2 Å². The fourth-order valence-corrected chi connectivity index (χ4v) is 6.56. The number of rotatable bonds is 6. The van der Waals surface area contributed by atoms with E-state index in [1.165, 1.54) is 19.3 Å². The smallest absolute Gasteiger partial charge is 0.306 e. The summed E-state index contributed by atoms with van der Waals surface area (Å²) in [6.07, 6.45) is 7.29. The summed E-state index contributed by atoms with van der Waals surface area (Å²) in [6.45, 7) is 5.76. The molecule has 1 aromatic rings. The first-order valence-corrected chi connectivity index (χ1v) is 10.5. The highest BCUT2D eigenvalue weighted by molar-refractivity contribution is 5.90. The maximum Gasteiger partial charge on any atom is 0.306 e. The quantitative estimate of drug-likeness (QED) is 0.715. The van der Waals surface area contributed by atoms with E-state index in [-0.39, 0.29) is 17.2 Å². The van der Waals surface area contributed by atoms with E-state index < -0.39 is 6.10 Å². The molecule has 4 aliphatic carbocycles. The minimum atomic E-state index is -0.621. The van der Waals surface area contributed by atoms with Gasteiger partial charge in [0.05, 0.1) is 5.69 Å². The fraction of sp³-hybridized carbons (Fsp3) is 0.773. The molecule has 5 rings (SSSR count). The van der Waals surface area contributed by atoms with Gasteiger partial charge in [-0.05, 0) is 89.0 Å². The number of Topliss-reactive ketones (excluding diaryl/α,β-unsaturated/α-hetero) is 1. The minimum absolute atomic E-state index is 0.184. The van der Waals surface area contributed by atoms with Gasteiger partial charge in [0.1, 0.15) is 0 Å². The summed E-state index contributed by atoms with van der Waals surface area (Å²) in [5.41, 5.74) is 2.94. The van der Waals surface area contributed by atoms with Crippen LogP contribution in [0.5, 0.6) is 0 Å². The van der Waals surface area contributed by atoms with Crippen LogP contribution in [0.2, 0.25) is 0 Å². The lowest BCUT2D eigenvalue weighted by molar-refractivity contribution is -0.164. The maximum absolute atomic E-state index is 13.2. The van der Waals surface area contributed by atoms with Crippen molar-refractivity contribution in [3.8, 4) is 0 Å². The van der Waals surface area contributed by atoms with Crippen LogP contribution in [0, 0.1) is 37.0 Å².